The Labute approximate surface area is 206 Å². The SMILES string of the molecule is Cc1nc2ccc(NC(=O)COc3ccc(OCC(=O)Nc4ccc5nc(C)[nH]c5c4)cc3)cc2[nH]1. The van der Waals surface area contributed by atoms with Crippen molar-refractivity contribution in [3.05, 3.63) is 72.3 Å². The molecule has 0 fully saturated rings. The molecule has 0 aliphatic rings. The molecule has 0 bridgehead atoms. The first-order chi connectivity index (χ1) is 17.4. The summed E-state index contributed by atoms with van der Waals surface area (Å²) in [5.41, 5.74) is 4.69. The fourth-order valence-electron chi connectivity index (χ4n) is 3.75. The van der Waals surface area contributed by atoms with Gasteiger partial charge in [-0.3, -0.25) is 9.59 Å². The lowest BCUT2D eigenvalue weighted by atomic mass is 10.2. The van der Waals surface area contributed by atoms with Crippen molar-refractivity contribution in [1.82, 2.24) is 19.9 Å². The van der Waals surface area contributed by atoms with Gasteiger partial charge in [-0.25, -0.2) is 9.97 Å². The molecule has 0 radical (unpaired) electrons. The van der Waals surface area contributed by atoms with Gasteiger partial charge in [-0.2, -0.15) is 0 Å². The summed E-state index contributed by atoms with van der Waals surface area (Å²) in [6.07, 6.45) is 0. The number of anilines is 2. The van der Waals surface area contributed by atoms with Crippen LogP contribution >= 0.6 is 0 Å². The molecule has 4 N–H and O–H groups in total. The van der Waals surface area contributed by atoms with E-state index in [1.165, 1.54) is 0 Å². The molecule has 182 valence electrons. The maximum atomic E-state index is 12.3. The van der Waals surface area contributed by atoms with Gasteiger partial charge in [-0.15, -0.1) is 0 Å². The van der Waals surface area contributed by atoms with E-state index in [1.807, 2.05) is 38.1 Å². The van der Waals surface area contributed by atoms with Crippen LogP contribution in [0.3, 0.4) is 0 Å². The van der Waals surface area contributed by atoms with Crippen molar-refractivity contribution in [3.63, 3.8) is 0 Å². The lowest BCUT2D eigenvalue weighted by Crippen LogP contribution is -2.20. The van der Waals surface area contributed by atoms with Crippen molar-refractivity contribution in [2.75, 3.05) is 23.8 Å². The number of nitrogens with one attached hydrogen (secondary N) is 4. The molecular weight excluding hydrogens is 460 g/mol. The van der Waals surface area contributed by atoms with Crippen molar-refractivity contribution < 1.29 is 19.1 Å². The Morgan fingerprint density at radius 3 is 1.53 bits per heavy atom. The van der Waals surface area contributed by atoms with Crippen molar-refractivity contribution in [2.24, 2.45) is 0 Å². The zero-order chi connectivity index (χ0) is 25.1. The van der Waals surface area contributed by atoms with Gasteiger partial charge in [0.1, 0.15) is 23.1 Å². The number of aromatic nitrogens is 4. The van der Waals surface area contributed by atoms with Crippen LogP contribution in [-0.4, -0.2) is 45.0 Å². The second-order valence-electron chi connectivity index (χ2n) is 8.25. The van der Waals surface area contributed by atoms with Gasteiger partial charge in [0.25, 0.3) is 11.8 Å². The molecule has 5 rings (SSSR count). The Balaban J connectivity index is 1.07. The van der Waals surface area contributed by atoms with Gasteiger partial charge in [-0.05, 0) is 74.5 Å². The lowest BCUT2D eigenvalue weighted by molar-refractivity contribution is -0.118. The Bertz CT molecular complexity index is 1440. The summed E-state index contributed by atoms with van der Waals surface area (Å²) in [4.78, 5) is 39.5. The summed E-state index contributed by atoms with van der Waals surface area (Å²) in [5, 5.41) is 5.60. The third-order valence-electron chi connectivity index (χ3n) is 5.33. The van der Waals surface area contributed by atoms with E-state index < -0.39 is 0 Å². The molecular formula is C26H24N6O4. The van der Waals surface area contributed by atoms with Gasteiger partial charge in [-0.1, -0.05) is 0 Å². The van der Waals surface area contributed by atoms with E-state index in [2.05, 4.69) is 30.6 Å². The highest BCUT2D eigenvalue weighted by atomic mass is 16.5. The number of imidazole rings is 2. The molecule has 10 heteroatoms. The number of rotatable bonds is 8. The fourth-order valence-corrected chi connectivity index (χ4v) is 3.75. The Kier molecular flexibility index (Phi) is 6.23. The lowest BCUT2D eigenvalue weighted by Gasteiger charge is -2.10. The normalized spacial score (nSPS) is 10.9. The maximum absolute atomic E-state index is 12.3. The summed E-state index contributed by atoms with van der Waals surface area (Å²) in [7, 11) is 0. The van der Waals surface area contributed by atoms with Crippen LogP contribution in [0.5, 0.6) is 11.5 Å². The van der Waals surface area contributed by atoms with Crippen molar-refractivity contribution in [2.45, 2.75) is 13.8 Å². The summed E-state index contributed by atoms with van der Waals surface area (Å²) in [6, 6.07) is 17.6. The highest BCUT2D eigenvalue weighted by Crippen LogP contribution is 2.20. The van der Waals surface area contributed by atoms with Crippen LogP contribution in [0, 0.1) is 13.8 Å². The van der Waals surface area contributed by atoms with E-state index >= 15 is 0 Å². The molecule has 2 heterocycles. The number of amides is 2. The van der Waals surface area contributed by atoms with Gasteiger partial charge >= 0.3 is 0 Å². The monoisotopic (exact) mass is 484 g/mol. The molecule has 10 nitrogen and oxygen atoms in total. The number of ether oxygens (including phenoxy) is 2. The second-order valence-corrected chi connectivity index (χ2v) is 8.25. The molecule has 0 aliphatic heterocycles. The molecule has 0 atom stereocenters. The molecule has 2 amide bonds. The van der Waals surface area contributed by atoms with Gasteiger partial charge < -0.3 is 30.1 Å². The number of hydrogen-bond acceptors (Lipinski definition) is 6. The largest absolute Gasteiger partial charge is 0.484 e. The number of carbonyl (C=O) groups excluding carboxylic acids is 2. The summed E-state index contributed by atoms with van der Waals surface area (Å²) >= 11 is 0. The van der Waals surface area contributed by atoms with Crippen LogP contribution in [0.2, 0.25) is 0 Å². The van der Waals surface area contributed by atoms with Crippen molar-refractivity contribution >= 4 is 45.3 Å². The molecule has 2 aromatic heterocycles. The topological polar surface area (TPSA) is 134 Å². The predicted molar refractivity (Wildman–Crippen MR) is 136 cm³/mol. The quantitative estimate of drug-likeness (QED) is 0.262. The van der Waals surface area contributed by atoms with Gasteiger partial charge in [0.2, 0.25) is 0 Å². The number of aromatic amines is 2. The Hall–Kier alpha value is -4.86. The van der Waals surface area contributed by atoms with E-state index in [0.29, 0.717) is 22.9 Å². The number of carbonyl (C=O) groups is 2. The summed E-state index contributed by atoms with van der Waals surface area (Å²) < 4.78 is 11.1. The average molecular weight is 485 g/mol. The minimum Gasteiger partial charge on any atom is -0.484 e. The maximum Gasteiger partial charge on any atom is 0.262 e. The van der Waals surface area contributed by atoms with E-state index in [0.717, 1.165) is 33.7 Å². The van der Waals surface area contributed by atoms with Gasteiger partial charge in [0.05, 0.1) is 22.1 Å². The Morgan fingerprint density at radius 1 is 0.694 bits per heavy atom. The van der Waals surface area contributed by atoms with Crippen LogP contribution in [0.25, 0.3) is 22.1 Å². The van der Waals surface area contributed by atoms with Gasteiger partial charge in [0.15, 0.2) is 13.2 Å². The number of aryl methyl sites for hydroxylation is 2. The zero-order valence-corrected chi connectivity index (χ0v) is 19.7. The van der Waals surface area contributed by atoms with Crippen LogP contribution in [0.15, 0.2) is 60.7 Å². The number of benzene rings is 3. The first-order valence-electron chi connectivity index (χ1n) is 11.3. The standard InChI is InChI=1S/C26H24N6O4/c1-15-27-21-9-3-17(11-23(21)29-15)31-25(33)13-35-19-5-7-20(8-6-19)36-14-26(34)32-18-4-10-22-24(12-18)30-16(2)28-22/h3-12H,13-14H2,1-2H3,(H,27,29)(H,28,30)(H,31,33)(H,32,34). The predicted octanol–water partition coefficient (Wildman–Crippen LogP) is 4.09. The first-order valence-corrected chi connectivity index (χ1v) is 11.3. The third kappa shape index (κ3) is 5.44. The minimum absolute atomic E-state index is 0.150. The zero-order valence-electron chi connectivity index (χ0n) is 19.7. The van der Waals surface area contributed by atoms with E-state index in [1.54, 1.807) is 36.4 Å². The molecule has 0 spiro atoms. The molecule has 0 saturated heterocycles. The van der Waals surface area contributed by atoms with E-state index in [4.69, 9.17) is 9.47 Å². The molecule has 3 aromatic carbocycles. The molecule has 5 aromatic rings. The number of fused-ring (bicyclic) bond motifs is 2. The van der Waals surface area contributed by atoms with Crippen LogP contribution in [0.4, 0.5) is 11.4 Å². The summed E-state index contributed by atoms with van der Waals surface area (Å²) in [5.74, 6) is 2.06. The number of nitrogens with zero attached hydrogens (tertiary/aromatic N) is 2. The molecule has 0 unspecified atom stereocenters. The smallest absolute Gasteiger partial charge is 0.262 e. The van der Waals surface area contributed by atoms with E-state index in [9.17, 15) is 9.59 Å². The number of hydrogen-bond donors (Lipinski definition) is 4. The van der Waals surface area contributed by atoms with Crippen molar-refractivity contribution in [1.29, 1.82) is 0 Å². The fraction of sp³-hybridized carbons (Fsp3) is 0.154. The first kappa shape index (κ1) is 22.9. The number of H-pyrrole nitrogens is 2. The minimum atomic E-state index is -0.286. The average Bonchev–Trinajstić information content (AvgIpc) is 3.41. The highest BCUT2D eigenvalue weighted by molar-refractivity contribution is 5.94. The molecule has 36 heavy (non-hydrogen) atoms. The van der Waals surface area contributed by atoms with Crippen molar-refractivity contribution in [3.8, 4) is 11.5 Å². The Morgan fingerprint density at radius 2 is 1.11 bits per heavy atom. The van der Waals surface area contributed by atoms with Gasteiger partial charge in [0, 0.05) is 11.4 Å². The van der Waals surface area contributed by atoms with E-state index in [-0.39, 0.29) is 25.0 Å². The third-order valence-corrected chi connectivity index (χ3v) is 5.33. The van der Waals surface area contributed by atoms with Crippen LogP contribution < -0.4 is 20.1 Å². The second kappa shape index (κ2) is 9.79. The molecule has 0 saturated carbocycles. The molecule has 0 aliphatic carbocycles. The summed E-state index contributed by atoms with van der Waals surface area (Å²) in [6.45, 7) is 3.45. The van der Waals surface area contributed by atoms with Crippen LogP contribution in [0.1, 0.15) is 11.6 Å². The highest BCUT2D eigenvalue weighted by Gasteiger charge is 2.08. The van der Waals surface area contributed by atoms with Crippen LogP contribution in [-0.2, 0) is 9.59 Å².